The van der Waals surface area contributed by atoms with Gasteiger partial charge in [-0.3, -0.25) is 0 Å². The van der Waals surface area contributed by atoms with Gasteiger partial charge in [0.05, 0.1) is 0 Å². The van der Waals surface area contributed by atoms with Crippen molar-refractivity contribution in [2.75, 3.05) is 26.2 Å². The van der Waals surface area contributed by atoms with Crippen molar-refractivity contribution in [3.63, 3.8) is 0 Å². The molecule has 2 atom stereocenters. The maximum Gasteiger partial charge on any atom is 0.410 e. The second kappa shape index (κ2) is 6.33. The van der Waals surface area contributed by atoms with E-state index in [1.807, 2.05) is 25.7 Å². The first kappa shape index (κ1) is 15.6. The number of nitrogens with zero attached hydrogens (tertiary/aromatic N) is 1. The summed E-state index contributed by atoms with van der Waals surface area (Å²) in [5.41, 5.74) is -0.397. The van der Waals surface area contributed by atoms with Gasteiger partial charge in [0.15, 0.2) is 0 Å². The molecule has 4 nitrogen and oxygen atoms in total. The third kappa shape index (κ3) is 4.11. The van der Waals surface area contributed by atoms with Crippen LogP contribution in [0.2, 0.25) is 0 Å². The summed E-state index contributed by atoms with van der Waals surface area (Å²) in [6.07, 6.45) is 3.57. The zero-order chi connectivity index (χ0) is 14.8. The first-order valence-electron chi connectivity index (χ1n) is 8.05. The largest absolute Gasteiger partial charge is 0.444 e. The molecule has 0 aromatic carbocycles. The van der Waals surface area contributed by atoms with Crippen LogP contribution in [0.25, 0.3) is 0 Å². The Kier molecular flexibility index (Phi) is 4.95. The Morgan fingerprint density at radius 3 is 2.40 bits per heavy atom. The van der Waals surface area contributed by atoms with Gasteiger partial charge in [0.1, 0.15) is 5.60 Å². The molecule has 2 rings (SSSR count). The Balaban J connectivity index is 1.86. The lowest BCUT2D eigenvalue weighted by Gasteiger charge is -2.42. The lowest BCUT2D eigenvalue weighted by atomic mass is 9.74. The van der Waals surface area contributed by atoms with E-state index in [-0.39, 0.29) is 6.09 Å². The molecule has 1 N–H and O–H groups in total. The Morgan fingerprint density at radius 2 is 1.85 bits per heavy atom. The smallest absolute Gasteiger partial charge is 0.410 e. The van der Waals surface area contributed by atoms with Crippen LogP contribution in [0.3, 0.4) is 0 Å². The number of piperidine rings is 2. The number of carbonyl (C=O) groups is 1. The van der Waals surface area contributed by atoms with Crippen molar-refractivity contribution in [2.45, 2.75) is 52.6 Å². The number of likely N-dealkylation sites (tertiary alicyclic amines) is 1. The van der Waals surface area contributed by atoms with Crippen molar-refractivity contribution in [1.82, 2.24) is 10.2 Å². The van der Waals surface area contributed by atoms with Gasteiger partial charge in [0, 0.05) is 13.1 Å². The van der Waals surface area contributed by atoms with E-state index >= 15 is 0 Å². The zero-order valence-electron chi connectivity index (χ0n) is 13.4. The van der Waals surface area contributed by atoms with Crippen molar-refractivity contribution >= 4 is 6.09 Å². The molecule has 0 aliphatic carbocycles. The summed E-state index contributed by atoms with van der Waals surface area (Å²) in [7, 11) is 0. The van der Waals surface area contributed by atoms with Gasteiger partial charge >= 0.3 is 6.09 Å². The topological polar surface area (TPSA) is 41.6 Å². The molecule has 2 heterocycles. The SMILES string of the molecule is CC1CN(C(=O)OC(C)(C)C)CCC1C1CCNCC1. The van der Waals surface area contributed by atoms with Crippen LogP contribution in [0.1, 0.15) is 47.0 Å². The monoisotopic (exact) mass is 282 g/mol. The molecule has 0 spiro atoms. The summed E-state index contributed by atoms with van der Waals surface area (Å²) in [4.78, 5) is 14.0. The summed E-state index contributed by atoms with van der Waals surface area (Å²) in [6.45, 7) is 12.1. The molecule has 0 aromatic heterocycles. The summed E-state index contributed by atoms with van der Waals surface area (Å²) >= 11 is 0. The lowest BCUT2D eigenvalue weighted by molar-refractivity contribution is 0.00518. The van der Waals surface area contributed by atoms with Crippen LogP contribution in [-0.4, -0.2) is 42.8 Å². The van der Waals surface area contributed by atoms with Crippen molar-refractivity contribution in [1.29, 1.82) is 0 Å². The summed E-state index contributed by atoms with van der Waals surface area (Å²) in [6, 6.07) is 0. The van der Waals surface area contributed by atoms with Gasteiger partial charge in [-0.05, 0) is 70.9 Å². The standard InChI is InChI=1S/C16H30N2O2/c1-12-11-18(15(19)20-16(2,3)4)10-7-14(12)13-5-8-17-9-6-13/h12-14,17H,5-11H2,1-4H3. The third-order valence-corrected chi connectivity index (χ3v) is 4.61. The van der Waals surface area contributed by atoms with Gasteiger partial charge in [0.2, 0.25) is 0 Å². The van der Waals surface area contributed by atoms with E-state index in [9.17, 15) is 4.79 Å². The zero-order valence-corrected chi connectivity index (χ0v) is 13.4. The fraction of sp³-hybridized carbons (Fsp3) is 0.938. The molecule has 0 radical (unpaired) electrons. The van der Waals surface area contributed by atoms with Crippen molar-refractivity contribution in [3.05, 3.63) is 0 Å². The molecule has 2 fully saturated rings. The van der Waals surface area contributed by atoms with Crippen LogP contribution in [-0.2, 0) is 4.74 Å². The molecule has 2 saturated heterocycles. The van der Waals surface area contributed by atoms with Crippen LogP contribution in [0.5, 0.6) is 0 Å². The van der Waals surface area contributed by atoms with Gasteiger partial charge in [-0.25, -0.2) is 4.79 Å². The molecular formula is C16H30N2O2. The number of hydrogen-bond acceptors (Lipinski definition) is 3. The Hall–Kier alpha value is -0.770. The van der Waals surface area contributed by atoms with Crippen LogP contribution in [0, 0.1) is 17.8 Å². The minimum absolute atomic E-state index is 0.145. The molecular weight excluding hydrogens is 252 g/mol. The Labute approximate surface area is 123 Å². The average molecular weight is 282 g/mol. The highest BCUT2D eigenvalue weighted by atomic mass is 16.6. The Bertz CT molecular complexity index is 332. The average Bonchev–Trinajstić information content (AvgIpc) is 2.37. The molecule has 0 bridgehead atoms. The first-order valence-corrected chi connectivity index (χ1v) is 8.05. The predicted octanol–water partition coefficient (Wildman–Crippen LogP) is 2.88. The Morgan fingerprint density at radius 1 is 1.20 bits per heavy atom. The molecule has 0 saturated carbocycles. The van der Waals surface area contributed by atoms with Crippen LogP contribution in [0.4, 0.5) is 4.79 Å². The fourth-order valence-corrected chi connectivity index (χ4v) is 3.63. The van der Waals surface area contributed by atoms with Gasteiger partial charge in [-0.2, -0.15) is 0 Å². The highest BCUT2D eigenvalue weighted by Crippen LogP contribution is 2.34. The quantitative estimate of drug-likeness (QED) is 0.804. The van der Waals surface area contributed by atoms with Crippen LogP contribution in [0.15, 0.2) is 0 Å². The lowest BCUT2D eigenvalue weighted by Crippen LogP contribution is -2.47. The van der Waals surface area contributed by atoms with Crippen LogP contribution < -0.4 is 5.32 Å². The fourth-order valence-electron chi connectivity index (χ4n) is 3.63. The number of nitrogens with one attached hydrogen (secondary N) is 1. The molecule has 2 aliphatic heterocycles. The van der Waals surface area contributed by atoms with E-state index in [1.165, 1.54) is 12.8 Å². The maximum absolute atomic E-state index is 12.1. The first-order chi connectivity index (χ1) is 9.37. The molecule has 0 aromatic rings. The number of rotatable bonds is 1. The highest BCUT2D eigenvalue weighted by Gasteiger charge is 2.35. The van der Waals surface area contributed by atoms with E-state index in [4.69, 9.17) is 4.74 Å². The van der Waals surface area contributed by atoms with E-state index < -0.39 is 5.60 Å². The van der Waals surface area contributed by atoms with Crippen molar-refractivity contribution in [3.8, 4) is 0 Å². The van der Waals surface area contributed by atoms with Gasteiger partial charge in [0.25, 0.3) is 0 Å². The summed E-state index contributed by atoms with van der Waals surface area (Å²) in [5.74, 6) is 2.20. The molecule has 2 aliphatic rings. The number of carbonyl (C=O) groups excluding carboxylic acids is 1. The second-order valence-corrected chi connectivity index (χ2v) is 7.44. The molecule has 2 unspecified atom stereocenters. The number of hydrogen-bond donors (Lipinski definition) is 1. The second-order valence-electron chi connectivity index (χ2n) is 7.44. The minimum Gasteiger partial charge on any atom is -0.444 e. The van der Waals surface area contributed by atoms with E-state index in [0.717, 1.165) is 44.4 Å². The minimum atomic E-state index is -0.397. The van der Waals surface area contributed by atoms with E-state index in [2.05, 4.69) is 12.2 Å². The highest BCUT2D eigenvalue weighted by molar-refractivity contribution is 5.68. The summed E-state index contributed by atoms with van der Waals surface area (Å²) in [5, 5.41) is 3.44. The molecule has 20 heavy (non-hydrogen) atoms. The molecule has 4 heteroatoms. The van der Waals surface area contributed by atoms with Gasteiger partial charge in [-0.15, -0.1) is 0 Å². The van der Waals surface area contributed by atoms with Gasteiger partial charge in [-0.1, -0.05) is 6.92 Å². The predicted molar refractivity (Wildman–Crippen MR) is 80.7 cm³/mol. The third-order valence-electron chi connectivity index (χ3n) is 4.61. The van der Waals surface area contributed by atoms with E-state index in [1.54, 1.807) is 0 Å². The molecule has 116 valence electrons. The van der Waals surface area contributed by atoms with Crippen molar-refractivity contribution < 1.29 is 9.53 Å². The van der Waals surface area contributed by atoms with Gasteiger partial charge < -0.3 is 15.0 Å². The summed E-state index contributed by atoms with van der Waals surface area (Å²) < 4.78 is 5.48. The molecule has 1 amide bonds. The van der Waals surface area contributed by atoms with Crippen molar-refractivity contribution in [2.24, 2.45) is 17.8 Å². The van der Waals surface area contributed by atoms with E-state index in [0.29, 0.717) is 5.92 Å². The number of amides is 1. The van der Waals surface area contributed by atoms with Crippen LogP contribution >= 0.6 is 0 Å². The maximum atomic E-state index is 12.1. The number of ether oxygens (including phenoxy) is 1. The normalized spacial score (nSPS) is 29.3.